The minimum Gasteiger partial charge on any atom is -0.292 e. The Hall–Kier alpha value is -0.670. The smallest absolute Gasteiger partial charge is 0.0817 e. The third kappa shape index (κ3) is 2.29. The van der Waals surface area contributed by atoms with E-state index in [1.54, 1.807) is 6.20 Å². The number of hydrogen-bond donors (Lipinski definition) is 0. The standard InChI is InChI=1S/C11H16ClN3/c1-8(2)15-5-3-4-11(15)10-6-9(12)7-13-14-10/h6-8,11H,3-5H2,1-2H3. The van der Waals surface area contributed by atoms with Crippen LogP contribution in [0.15, 0.2) is 12.3 Å². The third-order valence-corrected chi connectivity index (χ3v) is 3.15. The van der Waals surface area contributed by atoms with Gasteiger partial charge < -0.3 is 0 Å². The fourth-order valence-corrected chi connectivity index (χ4v) is 2.40. The van der Waals surface area contributed by atoms with Gasteiger partial charge in [-0.3, -0.25) is 4.90 Å². The average Bonchev–Trinajstić information content (AvgIpc) is 2.65. The van der Waals surface area contributed by atoms with Gasteiger partial charge in [0.15, 0.2) is 0 Å². The minimum absolute atomic E-state index is 0.399. The van der Waals surface area contributed by atoms with E-state index in [4.69, 9.17) is 11.6 Å². The minimum atomic E-state index is 0.399. The summed E-state index contributed by atoms with van der Waals surface area (Å²) in [6, 6.07) is 2.88. The first-order chi connectivity index (χ1) is 7.18. The molecule has 1 fully saturated rings. The molecule has 1 aromatic heterocycles. The highest BCUT2D eigenvalue weighted by Crippen LogP contribution is 2.32. The number of nitrogens with zero attached hydrogens (tertiary/aromatic N) is 3. The molecule has 1 atom stereocenters. The molecule has 0 bridgehead atoms. The molecule has 0 N–H and O–H groups in total. The van der Waals surface area contributed by atoms with E-state index >= 15 is 0 Å². The average molecular weight is 226 g/mol. The van der Waals surface area contributed by atoms with E-state index in [1.807, 2.05) is 6.07 Å². The van der Waals surface area contributed by atoms with Crippen LogP contribution < -0.4 is 0 Å². The summed E-state index contributed by atoms with van der Waals surface area (Å²) in [4.78, 5) is 2.46. The molecule has 2 heterocycles. The van der Waals surface area contributed by atoms with Crippen LogP contribution in [0, 0.1) is 0 Å². The molecule has 0 spiro atoms. The molecule has 1 unspecified atom stereocenters. The van der Waals surface area contributed by atoms with Crippen molar-refractivity contribution in [2.45, 2.75) is 38.8 Å². The second-order valence-electron chi connectivity index (χ2n) is 4.29. The van der Waals surface area contributed by atoms with Crippen molar-refractivity contribution < 1.29 is 0 Å². The second kappa shape index (κ2) is 4.45. The molecule has 1 aliphatic heterocycles. The number of rotatable bonds is 2. The van der Waals surface area contributed by atoms with Crippen molar-refractivity contribution in [2.24, 2.45) is 0 Å². The van der Waals surface area contributed by atoms with Crippen LogP contribution in [0.1, 0.15) is 38.4 Å². The van der Waals surface area contributed by atoms with E-state index in [0.717, 1.165) is 18.7 Å². The Kier molecular flexibility index (Phi) is 3.22. The normalized spacial score (nSPS) is 22.5. The lowest BCUT2D eigenvalue weighted by Gasteiger charge is -2.27. The van der Waals surface area contributed by atoms with Crippen molar-refractivity contribution in [3.05, 3.63) is 23.0 Å². The van der Waals surface area contributed by atoms with E-state index in [2.05, 4.69) is 28.9 Å². The summed E-state index contributed by atoms with van der Waals surface area (Å²) in [5.41, 5.74) is 1.01. The predicted octanol–water partition coefficient (Wildman–Crippen LogP) is 2.68. The summed E-state index contributed by atoms with van der Waals surface area (Å²) >= 11 is 5.93. The molecule has 0 radical (unpaired) electrons. The lowest BCUT2D eigenvalue weighted by molar-refractivity contribution is 0.201. The molecular formula is C11H16ClN3. The van der Waals surface area contributed by atoms with Crippen LogP contribution in [0.4, 0.5) is 0 Å². The van der Waals surface area contributed by atoms with Crippen LogP contribution in [-0.2, 0) is 0 Å². The van der Waals surface area contributed by atoms with Crippen LogP contribution in [0.5, 0.6) is 0 Å². The first-order valence-electron chi connectivity index (χ1n) is 5.42. The molecule has 82 valence electrons. The Morgan fingerprint density at radius 3 is 3.00 bits per heavy atom. The predicted molar refractivity (Wildman–Crippen MR) is 60.9 cm³/mol. The Bertz CT molecular complexity index is 340. The number of halogens is 1. The summed E-state index contributed by atoms with van der Waals surface area (Å²) in [6.07, 6.45) is 3.98. The maximum atomic E-state index is 5.93. The first kappa shape index (κ1) is 10.8. The lowest BCUT2D eigenvalue weighted by Crippen LogP contribution is -2.30. The number of aromatic nitrogens is 2. The molecule has 2 rings (SSSR count). The topological polar surface area (TPSA) is 29.0 Å². The Balaban J connectivity index is 2.22. The molecule has 1 aliphatic rings. The van der Waals surface area contributed by atoms with E-state index in [0.29, 0.717) is 17.1 Å². The zero-order chi connectivity index (χ0) is 10.8. The molecule has 0 aromatic carbocycles. The van der Waals surface area contributed by atoms with Crippen LogP contribution >= 0.6 is 11.6 Å². The quantitative estimate of drug-likeness (QED) is 0.775. The van der Waals surface area contributed by atoms with Gasteiger partial charge >= 0.3 is 0 Å². The maximum Gasteiger partial charge on any atom is 0.0817 e. The van der Waals surface area contributed by atoms with Crippen molar-refractivity contribution in [3.63, 3.8) is 0 Å². The fourth-order valence-electron chi connectivity index (χ4n) is 2.25. The van der Waals surface area contributed by atoms with Gasteiger partial charge in [-0.2, -0.15) is 10.2 Å². The largest absolute Gasteiger partial charge is 0.292 e. The van der Waals surface area contributed by atoms with E-state index in [9.17, 15) is 0 Å². The first-order valence-corrected chi connectivity index (χ1v) is 5.80. The third-order valence-electron chi connectivity index (χ3n) is 2.94. The lowest BCUT2D eigenvalue weighted by atomic mass is 10.1. The van der Waals surface area contributed by atoms with Gasteiger partial charge in [-0.15, -0.1) is 0 Å². The summed E-state index contributed by atoms with van der Waals surface area (Å²) in [6.45, 7) is 5.59. The molecule has 0 aliphatic carbocycles. The van der Waals surface area contributed by atoms with Gasteiger partial charge in [-0.1, -0.05) is 11.6 Å². The highest BCUT2D eigenvalue weighted by Gasteiger charge is 2.29. The van der Waals surface area contributed by atoms with Crippen LogP contribution in [0.25, 0.3) is 0 Å². The molecule has 1 saturated heterocycles. The SMILES string of the molecule is CC(C)N1CCCC1c1cc(Cl)cnn1. The van der Waals surface area contributed by atoms with Gasteiger partial charge in [0.2, 0.25) is 0 Å². The zero-order valence-electron chi connectivity index (χ0n) is 9.15. The van der Waals surface area contributed by atoms with Crippen LogP contribution in [0.3, 0.4) is 0 Å². The van der Waals surface area contributed by atoms with Gasteiger partial charge in [0, 0.05) is 6.04 Å². The maximum absolute atomic E-state index is 5.93. The van der Waals surface area contributed by atoms with Crippen molar-refractivity contribution in [3.8, 4) is 0 Å². The van der Waals surface area contributed by atoms with Crippen molar-refractivity contribution in [2.75, 3.05) is 6.54 Å². The summed E-state index contributed by atoms with van der Waals surface area (Å²) < 4.78 is 0. The Morgan fingerprint density at radius 1 is 1.53 bits per heavy atom. The van der Waals surface area contributed by atoms with E-state index < -0.39 is 0 Å². The molecule has 1 aromatic rings. The molecular weight excluding hydrogens is 210 g/mol. The van der Waals surface area contributed by atoms with Crippen molar-refractivity contribution in [1.29, 1.82) is 0 Å². The van der Waals surface area contributed by atoms with E-state index in [-0.39, 0.29) is 0 Å². The second-order valence-corrected chi connectivity index (χ2v) is 4.72. The summed E-state index contributed by atoms with van der Waals surface area (Å²) in [5, 5.41) is 8.77. The molecule has 0 amide bonds. The van der Waals surface area contributed by atoms with E-state index in [1.165, 1.54) is 6.42 Å². The Labute approximate surface area is 95.5 Å². The highest BCUT2D eigenvalue weighted by molar-refractivity contribution is 6.30. The summed E-state index contributed by atoms with van der Waals surface area (Å²) in [7, 11) is 0. The van der Waals surface area contributed by atoms with Gasteiger partial charge in [-0.25, -0.2) is 0 Å². The summed E-state index contributed by atoms with van der Waals surface area (Å²) in [5.74, 6) is 0. The van der Waals surface area contributed by atoms with Crippen LogP contribution in [0.2, 0.25) is 5.02 Å². The molecule has 0 saturated carbocycles. The van der Waals surface area contributed by atoms with Gasteiger partial charge in [-0.05, 0) is 39.3 Å². The highest BCUT2D eigenvalue weighted by atomic mass is 35.5. The van der Waals surface area contributed by atoms with Gasteiger partial charge in [0.25, 0.3) is 0 Å². The Morgan fingerprint density at radius 2 is 2.33 bits per heavy atom. The van der Waals surface area contributed by atoms with Gasteiger partial charge in [0.05, 0.1) is 23.0 Å². The van der Waals surface area contributed by atoms with Crippen LogP contribution in [-0.4, -0.2) is 27.7 Å². The number of hydrogen-bond acceptors (Lipinski definition) is 3. The molecule has 3 nitrogen and oxygen atoms in total. The number of likely N-dealkylation sites (tertiary alicyclic amines) is 1. The van der Waals surface area contributed by atoms with Crippen molar-refractivity contribution in [1.82, 2.24) is 15.1 Å². The molecule has 4 heteroatoms. The van der Waals surface area contributed by atoms with Crippen molar-refractivity contribution >= 4 is 11.6 Å². The monoisotopic (exact) mass is 225 g/mol. The fraction of sp³-hybridized carbons (Fsp3) is 0.636. The van der Waals surface area contributed by atoms with Gasteiger partial charge in [0.1, 0.15) is 0 Å². The molecule has 15 heavy (non-hydrogen) atoms. The zero-order valence-corrected chi connectivity index (χ0v) is 9.91.